The Kier molecular flexibility index (Phi) is 6.39. The van der Waals surface area contributed by atoms with Crippen LogP contribution in [0.4, 0.5) is 0 Å². The Bertz CT molecular complexity index is 475. The average Bonchev–Trinajstić information content (AvgIpc) is 2.98. The van der Waals surface area contributed by atoms with Crippen LogP contribution in [0, 0.1) is 5.92 Å². The van der Waals surface area contributed by atoms with E-state index in [4.69, 9.17) is 13.8 Å². The number of ketones is 1. The highest BCUT2D eigenvalue weighted by Gasteiger charge is 2.49. The Morgan fingerprint density at radius 2 is 1.86 bits per heavy atom. The van der Waals surface area contributed by atoms with Crippen molar-refractivity contribution < 1.29 is 23.1 Å². The molecule has 1 aliphatic heterocycles. The first-order valence-electron chi connectivity index (χ1n) is 8.35. The SMILES string of the molecule is CCCCC[C@@H]1OC[C@H]2CC(=O)C(P(=O)(OCC)OCC)=C21. The normalized spacial score (nSPS) is 25.1. The third kappa shape index (κ3) is 3.53. The highest BCUT2D eigenvalue weighted by molar-refractivity contribution is 7.60. The van der Waals surface area contributed by atoms with E-state index in [1.54, 1.807) is 13.8 Å². The summed E-state index contributed by atoms with van der Waals surface area (Å²) in [4.78, 5) is 12.4. The molecule has 2 aliphatic rings. The number of ether oxygens (including phenoxy) is 1. The van der Waals surface area contributed by atoms with E-state index < -0.39 is 7.60 Å². The maximum absolute atomic E-state index is 13.1. The van der Waals surface area contributed by atoms with E-state index in [0.29, 0.717) is 18.3 Å². The molecule has 0 radical (unpaired) electrons. The molecule has 0 N–H and O–H groups in total. The van der Waals surface area contributed by atoms with Crippen molar-refractivity contribution in [2.75, 3.05) is 19.8 Å². The van der Waals surface area contributed by atoms with Crippen molar-refractivity contribution in [1.82, 2.24) is 0 Å². The van der Waals surface area contributed by atoms with Gasteiger partial charge in [0, 0.05) is 12.3 Å². The smallest absolute Gasteiger partial charge is 0.364 e. The Morgan fingerprint density at radius 3 is 2.45 bits per heavy atom. The predicted molar refractivity (Wildman–Crippen MR) is 84.9 cm³/mol. The minimum atomic E-state index is -3.52. The summed E-state index contributed by atoms with van der Waals surface area (Å²) in [5.74, 6) is -0.0302. The third-order valence-electron chi connectivity index (χ3n) is 4.20. The number of carbonyl (C=O) groups is 1. The van der Waals surface area contributed by atoms with Crippen molar-refractivity contribution in [3.05, 3.63) is 10.9 Å². The summed E-state index contributed by atoms with van der Waals surface area (Å²) in [6, 6.07) is 0. The van der Waals surface area contributed by atoms with E-state index in [0.717, 1.165) is 31.3 Å². The molecule has 0 spiro atoms. The fraction of sp³-hybridized carbons (Fsp3) is 0.812. The van der Waals surface area contributed by atoms with Gasteiger partial charge in [0.15, 0.2) is 5.78 Å². The number of unbranched alkanes of at least 4 members (excludes halogenated alkanes) is 2. The molecule has 0 bridgehead atoms. The molecule has 5 nitrogen and oxygen atoms in total. The highest BCUT2D eigenvalue weighted by Crippen LogP contribution is 2.62. The van der Waals surface area contributed by atoms with Crippen LogP contribution in [0.25, 0.3) is 0 Å². The van der Waals surface area contributed by atoms with Crippen LogP contribution in [0.5, 0.6) is 0 Å². The molecule has 0 aromatic heterocycles. The first-order chi connectivity index (χ1) is 10.6. The lowest BCUT2D eigenvalue weighted by Gasteiger charge is -2.20. The van der Waals surface area contributed by atoms with Crippen molar-refractivity contribution in [2.45, 2.75) is 59.0 Å². The van der Waals surface area contributed by atoms with Gasteiger partial charge in [-0.25, -0.2) is 0 Å². The van der Waals surface area contributed by atoms with Crippen LogP contribution in [-0.4, -0.2) is 31.7 Å². The fourth-order valence-electron chi connectivity index (χ4n) is 3.31. The van der Waals surface area contributed by atoms with Gasteiger partial charge < -0.3 is 13.8 Å². The second-order valence-corrected chi connectivity index (χ2v) is 7.74. The summed E-state index contributed by atoms with van der Waals surface area (Å²) in [5.41, 5.74) is 0.895. The zero-order valence-electron chi connectivity index (χ0n) is 13.8. The maximum Gasteiger partial charge on any atom is 0.364 e. The molecule has 1 fully saturated rings. The number of hydrogen-bond donors (Lipinski definition) is 0. The van der Waals surface area contributed by atoms with Crippen molar-refractivity contribution in [1.29, 1.82) is 0 Å². The lowest BCUT2D eigenvalue weighted by Crippen LogP contribution is -2.12. The zero-order chi connectivity index (χ0) is 16.2. The van der Waals surface area contributed by atoms with Gasteiger partial charge in [-0.3, -0.25) is 9.36 Å². The highest BCUT2D eigenvalue weighted by atomic mass is 31.2. The van der Waals surface area contributed by atoms with E-state index in [1.165, 1.54) is 0 Å². The molecule has 22 heavy (non-hydrogen) atoms. The van der Waals surface area contributed by atoms with Crippen molar-refractivity contribution in [3.8, 4) is 0 Å². The molecule has 1 heterocycles. The molecule has 0 aromatic rings. The van der Waals surface area contributed by atoms with Crippen molar-refractivity contribution >= 4 is 13.4 Å². The first-order valence-corrected chi connectivity index (χ1v) is 9.90. The number of fused-ring (bicyclic) bond motifs is 1. The van der Waals surface area contributed by atoms with Gasteiger partial charge in [-0.05, 0) is 25.8 Å². The number of allylic oxidation sites excluding steroid dienone is 1. The number of Topliss-reactive ketones (excluding diaryl/α,β-unsaturated/α-hetero) is 1. The molecule has 0 saturated carbocycles. The molecule has 1 aliphatic carbocycles. The third-order valence-corrected chi connectivity index (χ3v) is 6.45. The predicted octanol–water partition coefficient (Wildman–Crippen LogP) is 4.07. The van der Waals surface area contributed by atoms with E-state index >= 15 is 0 Å². The molecule has 2 rings (SSSR count). The standard InChI is InChI=1S/C16H27O5P/c1-4-7-8-9-14-15-12(11-19-14)10-13(17)16(15)22(18,20-5-2)21-6-3/h12,14H,4-11H2,1-3H3/t12-,14+/m1/s1. The summed E-state index contributed by atoms with van der Waals surface area (Å²) in [5, 5.41) is 0.292. The van der Waals surface area contributed by atoms with Gasteiger partial charge in [0.2, 0.25) is 0 Å². The second-order valence-electron chi connectivity index (χ2n) is 5.78. The monoisotopic (exact) mass is 330 g/mol. The molecular formula is C16H27O5P. The molecule has 6 heteroatoms. The Balaban J connectivity index is 2.31. The zero-order valence-corrected chi connectivity index (χ0v) is 14.7. The lowest BCUT2D eigenvalue weighted by molar-refractivity contribution is -0.115. The number of carbonyl (C=O) groups excluding carboxylic acids is 1. The summed E-state index contributed by atoms with van der Waals surface area (Å²) in [6.07, 6.45) is 4.46. The van der Waals surface area contributed by atoms with E-state index in [1.807, 2.05) is 0 Å². The molecular weight excluding hydrogens is 303 g/mol. The minimum absolute atomic E-state index is 0.0587. The molecule has 126 valence electrons. The van der Waals surface area contributed by atoms with Gasteiger partial charge in [-0.15, -0.1) is 0 Å². The average molecular weight is 330 g/mol. The van der Waals surface area contributed by atoms with Gasteiger partial charge in [-0.2, -0.15) is 0 Å². The van der Waals surface area contributed by atoms with Gasteiger partial charge >= 0.3 is 7.60 Å². The van der Waals surface area contributed by atoms with Crippen LogP contribution in [0.15, 0.2) is 10.9 Å². The summed E-state index contributed by atoms with van der Waals surface area (Å²) in [7, 11) is -3.52. The van der Waals surface area contributed by atoms with Crippen LogP contribution in [0.3, 0.4) is 0 Å². The van der Waals surface area contributed by atoms with Crippen molar-refractivity contribution in [3.63, 3.8) is 0 Å². The topological polar surface area (TPSA) is 61.8 Å². The fourth-order valence-corrected chi connectivity index (χ4v) is 5.36. The largest absolute Gasteiger partial charge is 0.373 e. The molecule has 0 aromatic carbocycles. The quantitative estimate of drug-likeness (QED) is 0.471. The van der Waals surface area contributed by atoms with Gasteiger partial charge in [0.05, 0.1) is 25.9 Å². The summed E-state index contributed by atoms with van der Waals surface area (Å²) in [6.45, 7) is 6.73. The Labute approximate surface area is 132 Å². The van der Waals surface area contributed by atoms with Gasteiger partial charge in [0.25, 0.3) is 0 Å². The van der Waals surface area contributed by atoms with Crippen LogP contribution in [-0.2, 0) is 23.1 Å². The van der Waals surface area contributed by atoms with E-state index in [2.05, 4.69) is 6.92 Å². The molecule has 2 atom stereocenters. The first kappa shape index (κ1) is 17.9. The second kappa shape index (κ2) is 7.87. The molecule has 0 amide bonds. The van der Waals surface area contributed by atoms with Crippen molar-refractivity contribution in [2.24, 2.45) is 5.92 Å². The van der Waals surface area contributed by atoms with E-state index in [-0.39, 0.29) is 31.0 Å². The minimum Gasteiger partial charge on any atom is -0.373 e. The molecule has 0 unspecified atom stereocenters. The number of rotatable bonds is 9. The lowest BCUT2D eigenvalue weighted by atomic mass is 9.98. The Hall–Kier alpha value is -0.480. The summed E-state index contributed by atoms with van der Waals surface area (Å²) < 4.78 is 29.7. The van der Waals surface area contributed by atoms with Crippen LogP contribution >= 0.6 is 7.60 Å². The van der Waals surface area contributed by atoms with Gasteiger partial charge in [-0.1, -0.05) is 26.2 Å². The molecule has 1 saturated heterocycles. The van der Waals surface area contributed by atoms with Crippen LogP contribution in [0.2, 0.25) is 0 Å². The Morgan fingerprint density at radius 1 is 1.18 bits per heavy atom. The maximum atomic E-state index is 13.1. The van der Waals surface area contributed by atoms with Gasteiger partial charge in [0.1, 0.15) is 5.31 Å². The van der Waals surface area contributed by atoms with Crippen LogP contribution < -0.4 is 0 Å². The summed E-state index contributed by atoms with van der Waals surface area (Å²) >= 11 is 0. The van der Waals surface area contributed by atoms with E-state index in [9.17, 15) is 9.36 Å². The number of hydrogen-bond acceptors (Lipinski definition) is 5. The van der Waals surface area contributed by atoms with Crippen LogP contribution in [0.1, 0.15) is 52.9 Å².